The predicted octanol–water partition coefficient (Wildman–Crippen LogP) is 4.97. The molecule has 4 rings (SSSR count). The van der Waals surface area contributed by atoms with Gasteiger partial charge in [-0.25, -0.2) is 9.48 Å². The number of benzene rings is 2. The molecule has 33 heavy (non-hydrogen) atoms. The maximum atomic E-state index is 12.8. The number of aliphatic carboxylic acids is 1. The van der Waals surface area contributed by atoms with Gasteiger partial charge in [0.15, 0.2) is 23.9 Å². The van der Waals surface area contributed by atoms with Crippen molar-refractivity contribution in [2.75, 3.05) is 13.7 Å². The van der Waals surface area contributed by atoms with Crippen LogP contribution in [0.4, 0.5) is 0 Å². The third-order valence-corrected chi connectivity index (χ3v) is 5.61. The van der Waals surface area contributed by atoms with Crippen LogP contribution in [0.3, 0.4) is 0 Å². The van der Waals surface area contributed by atoms with Crippen molar-refractivity contribution in [2.24, 2.45) is 0 Å². The fourth-order valence-electron chi connectivity index (χ4n) is 3.17. The van der Waals surface area contributed by atoms with Gasteiger partial charge in [0.1, 0.15) is 5.69 Å². The first-order chi connectivity index (χ1) is 16.0. The summed E-state index contributed by atoms with van der Waals surface area (Å²) in [5, 5.41) is 15.5. The average molecular weight is 461 g/mol. The van der Waals surface area contributed by atoms with Gasteiger partial charge in [-0.3, -0.25) is 4.79 Å². The van der Waals surface area contributed by atoms with Crippen molar-refractivity contribution in [1.82, 2.24) is 9.78 Å². The van der Waals surface area contributed by atoms with Gasteiger partial charge in [-0.05, 0) is 53.9 Å². The Morgan fingerprint density at radius 1 is 1.09 bits per heavy atom. The highest BCUT2D eigenvalue weighted by atomic mass is 32.1. The summed E-state index contributed by atoms with van der Waals surface area (Å²) in [5.41, 5.74) is 2.90. The molecule has 0 spiro atoms. The number of carboxylic acids is 1. The molecule has 7 nitrogen and oxygen atoms in total. The summed E-state index contributed by atoms with van der Waals surface area (Å²) in [6.45, 7) is -0.500. The van der Waals surface area contributed by atoms with E-state index in [1.807, 2.05) is 54.0 Å². The van der Waals surface area contributed by atoms with Gasteiger partial charge in [-0.15, -0.1) is 11.3 Å². The number of carboxylic acid groups (broad SMARTS) is 1. The first-order valence-electron chi connectivity index (χ1n) is 9.99. The van der Waals surface area contributed by atoms with Crippen LogP contribution in [0.2, 0.25) is 0 Å². The standard InChI is InChI=1S/C25H20N2O5S/c1-31-22-14-17(10-12-21(22)32-16-24(29)30)20(28)11-9-18-15-27(19-6-3-2-4-7-19)26-25(18)23-8-5-13-33-23/h2-15H,16H2,1H3,(H,29,30). The Morgan fingerprint density at radius 3 is 2.61 bits per heavy atom. The minimum absolute atomic E-state index is 0.234. The molecule has 0 bridgehead atoms. The second kappa shape index (κ2) is 9.97. The number of hydrogen-bond donors (Lipinski definition) is 1. The number of carbonyl (C=O) groups excluding carboxylic acids is 1. The number of methoxy groups -OCH3 is 1. The van der Waals surface area contributed by atoms with Gasteiger partial charge in [-0.1, -0.05) is 24.3 Å². The van der Waals surface area contributed by atoms with Gasteiger partial charge in [0.05, 0.1) is 17.7 Å². The Kier molecular flexibility index (Phi) is 6.66. The lowest BCUT2D eigenvalue weighted by Crippen LogP contribution is -2.10. The summed E-state index contributed by atoms with van der Waals surface area (Å²) in [5.74, 6) is -0.795. The maximum Gasteiger partial charge on any atom is 0.341 e. The van der Waals surface area contributed by atoms with E-state index in [2.05, 4.69) is 0 Å². The Bertz CT molecular complexity index is 1290. The smallest absolute Gasteiger partial charge is 0.341 e. The predicted molar refractivity (Wildman–Crippen MR) is 126 cm³/mol. The lowest BCUT2D eigenvalue weighted by Gasteiger charge is -2.09. The molecule has 8 heteroatoms. The largest absolute Gasteiger partial charge is 0.493 e. The van der Waals surface area contributed by atoms with E-state index in [9.17, 15) is 9.59 Å². The monoisotopic (exact) mass is 460 g/mol. The fraction of sp³-hybridized carbons (Fsp3) is 0.0800. The van der Waals surface area contributed by atoms with E-state index in [1.165, 1.54) is 25.3 Å². The van der Waals surface area contributed by atoms with E-state index in [0.29, 0.717) is 5.56 Å². The van der Waals surface area contributed by atoms with Gasteiger partial charge < -0.3 is 14.6 Å². The number of aromatic nitrogens is 2. The third kappa shape index (κ3) is 5.19. The number of hydrogen-bond acceptors (Lipinski definition) is 6. The number of ether oxygens (including phenoxy) is 2. The molecular formula is C25H20N2O5S. The van der Waals surface area contributed by atoms with Crippen LogP contribution in [0.1, 0.15) is 15.9 Å². The van der Waals surface area contributed by atoms with Gasteiger partial charge >= 0.3 is 5.97 Å². The van der Waals surface area contributed by atoms with Crippen molar-refractivity contribution in [3.05, 3.63) is 89.4 Å². The SMILES string of the molecule is COc1cc(C(=O)C=Cc2cn(-c3ccccc3)nc2-c2cccs2)ccc1OCC(=O)O. The molecule has 0 atom stereocenters. The molecule has 0 aliphatic carbocycles. The second-order valence-electron chi connectivity index (χ2n) is 6.94. The van der Waals surface area contributed by atoms with Crippen molar-refractivity contribution in [3.8, 4) is 27.8 Å². The third-order valence-electron chi connectivity index (χ3n) is 4.73. The molecule has 0 aliphatic heterocycles. The molecule has 2 aromatic carbocycles. The van der Waals surface area contributed by atoms with Gasteiger partial charge in [0.2, 0.25) is 0 Å². The average Bonchev–Trinajstić information content (AvgIpc) is 3.51. The first-order valence-corrected chi connectivity index (χ1v) is 10.9. The number of thiophene rings is 1. The van der Waals surface area contributed by atoms with Crippen LogP contribution in [-0.4, -0.2) is 40.4 Å². The van der Waals surface area contributed by atoms with Gasteiger partial charge in [-0.2, -0.15) is 5.10 Å². The molecule has 0 fully saturated rings. The number of rotatable bonds is 9. The van der Waals surface area contributed by atoms with Crippen molar-refractivity contribution >= 4 is 29.2 Å². The molecule has 4 aromatic rings. The van der Waals surface area contributed by atoms with Crippen molar-refractivity contribution in [1.29, 1.82) is 0 Å². The maximum absolute atomic E-state index is 12.8. The highest BCUT2D eigenvalue weighted by Gasteiger charge is 2.14. The molecule has 1 N–H and O–H groups in total. The van der Waals surface area contributed by atoms with Gasteiger partial charge in [0, 0.05) is 17.3 Å². The Morgan fingerprint density at radius 2 is 1.91 bits per heavy atom. The van der Waals surface area contributed by atoms with Crippen LogP contribution in [-0.2, 0) is 4.79 Å². The zero-order chi connectivity index (χ0) is 23.2. The number of nitrogens with zero attached hydrogens (tertiary/aromatic N) is 2. The van der Waals surface area contributed by atoms with E-state index >= 15 is 0 Å². The first kappa shape index (κ1) is 22.0. The Labute approximate surface area is 194 Å². The Balaban J connectivity index is 1.61. The molecule has 2 heterocycles. The highest BCUT2D eigenvalue weighted by Crippen LogP contribution is 2.30. The van der Waals surface area contributed by atoms with Gasteiger partial charge in [0.25, 0.3) is 0 Å². The van der Waals surface area contributed by atoms with Crippen LogP contribution in [0.5, 0.6) is 11.5 Å². The van der Waals surface area contributed by atoms with Crippen LogP contribution in [0.25, 0.3) is 22.3 Å². The van der Waals surface area contributed by atoms with Crippen molar-refractivity contribution in [3.63, 3.8) is 0 Å². The quantitative estimate of drug-likeness (QED) is 0.280. The second-order valence-corrected chi connectivity index (χ2v) is 7.88. The van der Waals surface area contributed by atoms with Crippen LogP contribution < -0.4 is 9.47 Å². The zero-order valence-corrected chi connectivity index (χ0v) is 18.5. The summed E-state index contributed by atoms with van der Waals surface area (Å²) in [4.78, 5) is 24.6. The van der Waals surface area contributed by atoms with Crippen LogP contribution in [0, 0.1) is 0 Å². The topological polar surface area (TPSA) is 90.7 Å². The lowest BCUT2D eigenvalue weighted by atomic mass is 10.1. The molecule has 0 radical (unpaired) electrons. The van der Waals surface area contributed by atoms with Crippen molar-refractivity contribution in [2.45, 2.75) is 0 Å². The summed E-state index contributed by atoms with van der Waals surface area (Å²) >= 11 is 1.58. The fourth-order valence-corrected chi connectivity index (χ4v) is 3.90. The van der Waals surface area contributed by atoms with E-state index in [0.717, 1.165) is 21.8 Å². The molecule has 0 unspecified atom stereocenters. The van der Waals surface area contributed by atoms with Crippen LogP contribution in [0.15, 0.2) is 78.3 Å². The summed E-state index contributed by atoms with van der Waals surface area (Å²) in [7, 11) is 1.43. The Hall–Kier alpha value is -4.17. The molecule has 166 valence electrons. The number of para-hydroxylation sites is 1. The highest BCUT2D eigenvalue weighted by molar-refractivity contribution is 7.13. The molecule has 0 saturated heterocycles. The summed E-state index contributed by atoms with van der Waals surface area (Å²) in [6.07, 6.45) is 5.11. The van der Waals surface area contributed by atoms with E-state index < -0.39 is 12.6 Å². The minimum Gasteiger partial charge on any atom is -0.493 e. The van der Waals surface area contributed by atoms with Crippen LogP contribution >= 0.6 is 11.3 Å². The van der Waals surface area contributed by atoms with E-state index in [4.69, 9.17) is 19.7 Å². The van der Waals surface area contributed by atoms with Crippen molar-refractivity contribution < 1.29 is 24.2 Å². The molecular weight excluding hydrogens is 440 g/mol. The summed E-state index contributed by atoms with van der Waals surface area (Å²) in [6, 6.07) is 18.3. The molecule has 0 saturated carbocycles. The minimum atomic E-state index is -1.10. The molecule has 0 amide bonds. The summed E-state index contributed by atoms with van der Waals surface area (Å²) < 4.78 is 12.2. The lowest BCUT2D eigenvalue weighted by molar-refractivity contribution is -0.139. The van der Waals surface area contributed by atoms with E-state index in [1.54, 1.807) is 28.2 Å². The number of ketones is 1. The molecule has 2 aromatic heterocycles. The number of carbonyl (C=O) groups is 2. The van der Waals surface area contributed by atoms with E-state index in [-0.39, 0.29) is 17.3 Å². The normalized spacial score (nSPS) is 10.9. The zero-order valence-electron chi connectivity index (χ0n) is 17.7. The number of allylic oxidation sites excluding steroid dienone is 1. The molecule has 0 aliphatic rings.